The van der Waals surface area contributed by atoms with Gasteiger partial charge in [0, 0.05) is 11.1 Å². The number of amidine groups is 1. The Kier molecular flexibility index (Phi) is 2.40. The van der Waals surface area contributed by atoms with Crippen LogP contribution in [0.3, 0.4) is 0 Å². The van der Waals surface area contributed by atoms with Gasteiger partial charge < -0.3 is 9.84 Å². The smallest absolute Gasteiger partial charge is 0.230 e. The van der Waals surface area contributed by atoms with Crippen LogP contribution in [0.15, 0.2) is 47.5 Å². The van der Waals surface area contributed by atoms with E-state index in [0.29, 0.717) is 28.3 Å². The third-order valence-electron chi connectivity index (χ3n) is 3.83. The number of hydrogen-bond acceptors (Lipinski definition) is 5. The van der Waals surface area contributed by atoms with Gasteiger partial charge in [0.1, 0.15) is 11.4 Å². The number of carbonyl (C=O) groups is 1. The van der Waals surface area contributed by atoms with Gasteiger partial charge in [0.25, 0.3) is 0 Å². The number of aliphatic hydroxyl groups excluding tert-OH is 1. The monoisotopic (exact) mass is 280 g/mol. The Morgan fingerprint density at radius 3 is 2.81 bits per heavy atom. The molecule has 21 heavy (non-hydrogen) atoms. The molecule has 2 aromatic rings. The van der Waals surface area contributed by atoms with E-state index in [9.17, 15) is 9.90 Å². The molecule has 0 saturated heterocycles. The standard InChI is InChI=1S/C16H12N2O3/c1-21-12-8-4-6-10-13(12)17-15-14(19)9-5-2-3-7-11(9)18(15)16(10)20/h2-8,16,20H,1H3. The molecule has 4 rings (SSSR count). The van der Waals surface area contributed by atoms with Crippen LogP contribution in [0.4, 0.5) is 11.4 Å². The first-order valence-corrected chi connectivity index (χ1v) is 6.59. The van der Waals surface area contributed by atoms with E-state index in [0.717, 1.165) is 0 Å². The van der Waals surface area contributed by atoms with E-state index < -0.39 is 6.23 Å². The number of Topliss-reactive ketones (excluding diaryl/α,β-unsaturated/α-hetero) is 1. The number of methoxy groups -OCH3 is 1. The zero-order chi connectivity index (χ0) is 14.6. The Morgan fingerprint density at radius 2 is 2.00 bits per heavy atom. The molecular weight excluding hydrogens is 268 g/mol. The quantitative estimate of drug-likeness (QED) is 0.871. The van der Waals surface area contributed by atoms with Gasteiger partial charge >= 0.3 is 0 Å². The summed E-state index contributed by atoms with van der Waals surface area (Å²) in [6.07, 6.45) is -0.949. The van der Waals surface area contributed by atoms with Gasteiger partial charge in [-0.25, -0.2) is 4.99 Å². The van der Waals surface area contributed by atoms with Crippen molar-refractivity contribution in [1.82, 2.24) is 0 Å². The molecule has 2 aromatic carbocycles. The largest absolute Gasteiger partial charge is 0.494 e. The van der Waals surface area contributed by atoms with Crippen LogP contribution in [0.5, 0.6) is 5.75 Å². The number of para-hydroxylation sites is 2. The van der Waals surface area contributed by atoms with Crippen molar-refractivity contribution < 1.29 is 14.6 Å². The van der Waals surface area contributed by atoms with Crippen molar-refractivity contribution >= 4 is 23.0 Å². The fourth-order valence-electron chi connectivity index (χ4n) is 2.85. The van der Waals surface area contributed by atoms with Crippen LogP contribution in [-0.2, 0) is 0 Å². The van der Waals surface area contributed by atoms with Crippen molar-refractivity contribution in [2.45, 2.75) is 6.23 Å². The normalized spacial score (nSPS) is 18.8. The topological polar surface area (TPSA) is 62.1 Å². The number of anilines is 1. The van der Waals surface area contributed by atoms with Gasteiger partial charge in [0.15, 0.2) is 12.1 Å². The molecule has 0 radical (unpaired) electrons. The summed E-state index contributed by atoms with van der Waals surface area (Å²) in [6, 6.07) is 12.5. The Balaban J connectivity index is 1.98. The highest BCUT2D eigenvalue weighted by atomic mass is 16.5. The lowest BCUT2D eigenvalue weighted by Gasteiger charge is -2.30. The van der Waals surface area contributed by atoms with Crippen molar-refractivity contribution in [1.29, 1.82) is 0 Å². The van der Waals surface area contributed by atoms with Gasteiger partial charge in [0.05, 0.1) is 12.8 Å². The molecule has 0 spiro atoms. The summed E-state index contributed by atoms with van der Waals surface area (Å²) >= 11 is 0. The van der Waals surface area contributed by atoms with Crippen molar-refractivity contribution in [2.75, 3.05) is 12.0 Å². The number of carbonyl (C=O) groups excluding carboxylic acids is 1. The maximum Gasteiger partial charge on any atom is 0.230 e. The summed E-state index contributed by atoms with van der Waals surface area (Å²) < 4.78 is 5.27. The van der Waals surface area contributed by atoms with E-state index >= 15 is 0 Å². The number of aliphatic hydroxyl groups is 1. The number of hydrogen-bond donors (Lipinski definition) is 1. The molecule has 5 nitrogen and oxygen atoms in total. The van der Waals surface area contributed by atoms with E-state index in [1.165, 1.54) is 0 Å². The van der Waals surface area contributed by atoms with Crippen LogP contribution >= 0.6 is 0 Å². The van der Waals surface area contributed by atoms with E-state index in [2.05, 4.69) is 4.99 Å². The first-order valence-electron chi connectivity index (χ1n) is 6.59. The second-order valence-electron chi connectivity index (χ2n) is 4.92. The molecule has 1 unspecified atom stereocenters. The highest BCUT2D eigenvalue weighted by molar-refractivity contribution is 6.55. The molecule has 2 heterocycles. The molecule has 2 aliphatic heterocycles. The zero-order valence-electron chi connectivity index (χ0n) is 11.3. The fourth-order valence-corrected chi connectivity index (χ4v) is 2.85. The van der Waals surface area contributed by atoms with Gasteiger partial charge in [-0.3, -0.25) is 9.69 Å². The molecule has 0 bridgehead atoms. The van der Waals surface area contributed by atoms with E-state index in [-0.39, 0.29) is 11.6 Å². The van der Waals surface area contributed by atoms with Crippen molar-refractivity contribution in [2.24, 2.45) is 4.99 Å². The van der Waals surface area contributed by atoms with Crippen molar-refractivity contribution in [3.05, 3.63) is 53.6 Å². The summed E-state index contributed by atoms with van der Waals surface area (Å²) in [5.74, 6) is 0.601. The molecule has 104 valence electrons. The molecule has 1 N–H and O–H groups in total. The van der Waals surface area contributed by atoms with Gasteiger partial charge in [-0.1, -0.05) is 24.3 Å². The molecule has 5 heteroatoms. The summed E-state index contributed by atoms with van der Waals surface area (Å²) in [7, 11) is 1.54. The Labute approximate surface area is 121 Å². The minimum atomic E-state index is -0.949. The summed E-state index contributed by atoms with van der Waals surface area (Å²) in [4.78, 5) is 18.5. The van der Waals surface area contributed by atoms with Crippen LogP contribution in [0.1, 0.15) is 22.1 Å². The molecule has 0 amide bonds. The Hall–Kier alpha value is -2.66. The highest BCUT2D eigenvalue weighted by Gasteiger charge is 2.41. The number of nitrogens with zero attached hydrogens (tertiary/aromatic N) is 2. The van der Waals surface area contributed by atoms with Crippen molar-refractivity contribution in [3.8, 4) is 5.75 Å². The number of fused-ring (bicyclic) bond motifs is 4. The van der Waals surface area contributed by atoms with E-state index in [1.807, 2.05) is 12.1 Å². The third kappa shape index (κ3) is 1.49. The first-order chi connectivity index (χ1) is 10.2. The predicted molar refractivity (Wildman–Crippen MR) is 78.3 cm³/mol. The lowest BCUT2D eigenvalue weighted by atomic mass is 10.1. The molecule has 0 aromatic heterocycles. The van der Waals surface area contributed by atoms with Gasteiger partial charge in [-0.2, -0.15) is 0 Å². The predicted octanol–water partition coefficient (Wildman–Crippen LogP) is 2.43. The third-order valence-corrected chi connectivity index (χ3v) is 3.83. The van der Waals surface area contributed by atoms with Crippen LogP contribution in [0.2, 0.25) is 0 Å². The number of aliphatic imine (C=N–C) groups is 1. The Morgan fingerprint density at radius 1 is 1.19 bits per heavy atom. The van der Waals surface area contributed by atoms with Crippen LogP contribution in [0.25, 0.3) is 0 Å². The Bertz CT molecular complexity index is 798. The van der Waals surface area contributed by atoms with E-state index in [1.54, 1.807) is 42.3 Å². The average molecular weight is 280 g/mol. The minimum Gasteiger partial charge on any atom is -0.494 e. The highest BCUT2D eigenvalue weighted by Crippen LogP contribution is 2.45. The molecular formula is C16H12N2O3. The molecule has 0 fully saturated rings. The van der Waals surface area contributed by atoms with Gasteiger partial charge in [0.2, 0.25) is 5.78 Å². The number of benzene rings is 2. The van der Waals surface area contributed by atoms with Gasteiger partial charge in [-0.05, 0) is 18.2 Å². The molecule has 1 atom stereocenters. The fraction of sp³-hybridized carbons (Fsp3) is 0.125. The van der Waals surface area contributed by atoms with Crippen molar-refractivity contribution in [3.63, 3.8) is 0 Å². The van der Waals surface area contributed by atoms with Crippen LogP contribution < -0.4 is 9.64 Å². The second-order valence-corrected chi connectivity index (χ2v) is 4.92. The maximum absolute atomic E-state index is 12.5. The number of ketones is 1. The zero-order valence-corrected chi connectivity index (χ0v) is 11.3. The first kappa shape index (κ1) is 12.1. The lowest BCUT2D eigenvalue weighted by molar-refractivity contribution is 0.106. The lowest BCUT2D eigenvalue weighted by Crippen LogP contribution is -2.36. The van der Waals surface area contributed by atoms with Crippen LogP contribution in [0, 0.1) is 0 Å². The summed E-state index contributed by atoms with van der Waals surface area (Å²) in [6.45, 7) is 0. The molecule has 0 aliphatic carbocycles. The van der Waals surface area contributed by atoms with E-state index in [4.69, 9.17) is 4.74 Å². The molecule has 2 aliphatic rings. The molecule has 0 saturated carbocycles. The SMILES string of the molecule is COc1cccc2c1N=C1C(=O)c3ccccc3N1C2O. The van der Waals surface area contributed by atoms with Gasteiger partial charge in [-0.15, -0.1) is 0 Å². The van der Waals surface area contributed by atoms with Crippen LogP contribution in [-0.4, -0.2) is 23.8 Å². The average Bonchev–Trinajstić information content (AvgIpc) is 2.81. The summed E-state index contributed by atoms with van der Waals surface area (Å²) in [5.41, 5.74) is 2.38. The second kappa shape index (κ2) is 4.17. The summed E-state index contributed by atoms with van der Waals surface area (Å²) in [5, 5.41) is 10.7. The number of ether oxygens (including phenoxy) is 1. The minimum absolute atomic E-state index is 0.179. The number of rotatable bonds is 1. The maximum atomic E-state index is 12.5.